The van der Waals surface area contributed by atoms with Gasteiger partial charge in [-0.2, -0.15) is 0 Å². The Labute approximate surface area is 83.6 Å². The predicted molar refractivity (Wildman–Crippen MR) is 60.0 cm³/mol. The highest BCUT2D eigenvalue weighted by Gasteiger charge is 2.09. The largest absolute Gasteiger partial charge is 0.350 e. The van der Waals surface area contributed by atoms with Gasteiger partial charge >= 0.3 is 0 Å². The molecule has 0 unspecified atom stereocenters. The molecule has 0 aliphatic rings. The lowest BCUT2D eigenvalue weighted by Gasteiger charge is -2.02. The average molecular weight is 186 g/mol. The zero-order valence-electron chi connectivity index (χ0n) is 8.27. The molecule has 2 rings (SSSR count). The summed E-state index contributed by atoms with van der Waals surface area (Å²) in [4.78, 5) is 0. The Morgan fingerprint density at radius 2 is 2.14 bits per heavy atom. The summed E-state index contributed by atoms with van der Waals surface area (Å²) < 4.78 is 2.09. The van der Waals surface area contributed by atoms with Gasteiger partial charge in [-0.05, 0) is 11.6 Å². The number of hydrogen-bond acceptors (Lipinski definition) is 1. The first-order chi connectivity index (χ1) is 6.74. The van der Waals surface area contributed by atoms with Crippen LogP contribution in [-0.4, -0.2) is 4.57 Å². The minimum atomic E-state index is -0.0823. The quantitative estimate of drug-likeness (QED) is 0.717. The molecular formula is C12H14N2. The van der Waals surface area contributed by atoms with Gasteiger partial charge in [0.25, 0.3) is 0 Å². The van der Waals surface area contributed by atoms with Gasteiger partial charge in [0.1, 0.15) is 0 Å². The van der Waals surface area contributed by atoms with Crippen LogP contribution in [0.15, 0.2) is 43.1 Å². The third-order valence-corrected chi connectivity index (χ3v) is 2.54. The second kappa shape index (κ2) is 3.31. The number of aromatic nitrogens is 1. The second-order valence-electron chi connectivity index (χ2n) is 3.47. The molecule has 2 heteroatoms. The van der Waals surface area contributed by atoms with Crippen molar-refractivity contribution in [2.45, 2.75) is 6.04 Å². The Morgan fingerprint density at radius 3 is 2.86 bits per heavy atom. The molecule has 1 aromatic heterocycles. The van der Waals surface area contributed by atoms with Crippen LogP contribution in [0.5, 0.6) is 0 Å². The molecule has 14 heavy (non-hydrogen) atoms. The van der Waals surface area contributed by atoms with Gasteiger partial charge < -0.3 is 10.3 Å². The van der Waals surface area contributed by atoms with E-state index in [0.29, 0.717) is 0 Å². The maximum absolute atomic E-state index is 5.94. The van der Waals surface area contributed by atoms with Gasteiger partial charge in [0.15, 0.2) is 0 Å². The fourth-order valence-electron chi connectivity index (χ4n) is 1.77. The average Bonchev–Trinajstić information content (AvgIpc) is 2.56. The van der Waals surface area contributed by atoms with E-state index in [1.54, 1.807) is 6.08 Å². The second-order valence-corrected chi connectivity index (χ2v) is 3.47. The van der Waals surface area contributed by atoms with Gasteiger partial charge in [-0.1, -0.05) is 24.3 Å². The van der Waals surface area contributed by atoms with Crippen LogP contribution < -0.4 is 5.73 Å². The molecule has 2 nitrogen and oxygen atoms in total. The third-order valence-electron chi connectivity index (χ3n) is 2.54. The van der Waals surface area contributed by atoms with Crippen LogP contribution in [0, 0.1) is 0 Å². The van der Waals surface area contributed by atoms with Crippen LogP contribution in [0.4, 0.5) is 0 Å². The Bertz CT molecular complexity index is 468. The molecule has 0 aliphatic heterocycles. The number of benzene rings is 1. The number of para-hydroxylation sites is 1. The molecule has 2 aromatic rings. The van der Waals surface area contributed by atoms with Gasteiger partial charge in [-0.25, -0.2) is 0 Å². The lowest BCUT2D eigenvalue weighted by atomic mass is 10.1. The van der Waals surface area contributed by atoms with Gasteiger partial charge in [0.2, 0.25) is 0 Å². The van der Waals surface area contributed by atoms with Crippen molar-refractivity contribution < 1.29 is 0 Å². The number of nitrogens with zero attached hydrogens (tertiary/aromatic N) is 1. The summed E-state index contributed by atoms with van der Waals surface area (Å²) in [5, 5.41) is 1.21. The normalized spacial score (nSPS) is 13.0. The molecule has 2 N–H and O–H groups in total. The molecule has 72 valence electrons. The smallest absolute Gasteiger partial charge is 0.0499 e. The predicted octanol–water partition coefficient (Wildman–Crippen LogP) is 2.36. The molecule has 0 radical (unpaired) electrons. The number of hydrogen-bond donors (Lipinski definition) is 1. The van der Waals surface area contributed by atoms with Crippen LogP contribution in [-0.2, 0) is 7.05 Å². The first kappa shape index (κ1) is 9.03. The maximum Gasteiger partial charge on any atom is 0.0499 e. The number of fused-ring (bicyclic) bond motifs is 1. The molecule has 1 heterocycles. The van der Waals surface area contributed by atoms with Crippen molar-refractivity contribution in [2.75, 3.05) is 0 Å². The molecular weight excluding hydrogens is 172 g/mol. The van der Waals surface area contributed by atoms with E-state index in [0.717, 1.165) is 5.56 Å². The van der Waals surface area contributed by atoms with E-state index in [9.17, 15) is 0 Å². The van der Waals surface area contributed by atoms with Crippen LogP contribution in [0.25, 0.3) is 10.9 Å². The first-order valence-electron chi connectivity index (χ1n) is 4.66. The highest BCUT2D eigenvalue weighted by molar-refractivity contribution is 5.84. The molecule has 1 atom stereocenters. The van der Waals surface area contributed by atoms with Gasteiger partial charge in [0, 0.05) is 30.2 Å². The van der Waals surface area contributed by atoms with Crippen LogP contribution in [0.2, 0.25) is 0 Å². The topological polar surface area (TPSA) is 30.9 Å². The molecule has 0 saturated carbocycles. The van der Waals surface area contributed by atoms with E-state index in [2.05, 4.69) is 29.5 Å². The minimum Gasteiger partial charge on any atom is -0.350 e. The van der Waals surface area contributed by atoms with Crippen molar-refractivity contribution in [1.82, 2.24) is 4.57 Å². The monoisotopic (exact) mass is 186 g/mol. The standard InChI is InChI=1S/C12H14N2/c1-3-11(13)10-8-14(2)12-7-5-4-6-9(10)12/h3-8,11H,1,13H2,2H3/t11-/m0/s1. The molecule has 0 fully saturated rings. The van der Waals surface area contributed by atoms with Gasteiger partial charge in [0.05, 0.1) is 0 Å². The Morgan fingerprint density at radius 1 is 1.43 bits per heavy atom. The number of rotatable bonds is 2. The van der Waals surface area contributed by atoms with Crippen molar-refractivity contribution in [2.24, 2.45) is 12.8 Å². The van der Waals surface area contributed by atoms with E-state index in [1.807, 2.05) is 19.2 Å². The first-order valence-corrected chi connectivity index (χ1v) is 4.66. The Hall–Kier alpha value is -1.54. The SMILES string of the molecule is C=C[C@H](N)c1cn(C)c2ccccc12. The van der Waals surface area contributed by atoms with Crippen LogP contribution >= 0.6 is 0 Å². The number of aryl methyl sites for hydroxylation is 1. The Balaban J connectivity index is 2.72. The summed E-state index contributed by atoms with van der Waals surface area (Å²) >= 11 is 0. The molecule has 0 amide bonds. The fourth-order valence-corrected chi connectivity index (χ4v) is 1.77. The third kappa shape index (κ3) is 1.24. The molecule has 0 saturated heterocycles. The summed E-state index contributed by atoms with van der Waals surface area (Å²) in [6.45, 7) is 3.72. The highest BCUT2D eigenvalue weighted by Crippen LogP contribution is 2.24. The molecule has 0 aliphatic carbocycles. The van der Waals surface area contributed by atoms with E-state index in [1.165, 1.54) is 10.9 Å². The number of nitrogens with two attached hydrogens (primary N) is 1. The highest BCUT2D eigenvalue weighted by atomic mass is 14.9. The zero-order valence-corrected chi connectivity index (χ0v) is 8.27. The minimum absolute atomic E-state index is 0.0823. The lowest BCUT2D eigenvalue weighted by molar-refractivity contribution is 0.893. The van der Waals surface area contributed by atoms with Crippen molar-refractivity contribution >= 4 is 10.9 Å². The van der Waals surface area contributed by atoms with E-state index >= 15 is 0 Å². The van der Waals surface area contributed by atoms with Crippen molar-refractivity contribution in [3.05, 3.63) is 48.7 Å². The molecule has 0 spiro atoms. The van der Waals surface area contributed by atoms with Gasteiger partial charge in [-0.15, -0.1) is 6.58 Å². The molecule has 0 bridgehead atoms. The fraction of sp³-hybridized carbons (Fsp3) is 0.167. The van der Waals surface area contributed by atoms with Crippen molar-refractivity contribution in [3.8, 4) is 0 Å². The summed E-state index contributed by atoms with van der Waals surface area (Å²) in [5.41, 5.74) is 8.29. The summed E-state index contributed by atoms with van der Waals surface area (Å²) in [6.07, 6.45) is 3.83. The summed E-state index contributed by atoms with van der Waals surface area (Å²) in [5.74, 6) is 0. The van der Waals surface area contributed by atoms with E-state index in [4.69, 9.17) is 5.73 Å². The van der Waals surface area contributed by atoms with Crippen molar-refractivity contribution in [3.63, 3.8) is 0 Å². The van der Waals surface area contributed by atoms with Crippen LogP contribution in [0.3, 0.4) is 0 Å². The Kier molecular flexibility index (Phi) is 2.14. The van der Waals surface area contributed by atoms with Gasteiger partial charge in [-0.3, -0.25) is 0 Å². The van der Waals surface area contributed by atoms with E-state index in [-0.39, 0.29) is 6.04 Å². The summed E-state index contributed by atoms with van der Waals surface area (Å²) in [7, 11) is 2.03. The van der Waals surface area contributed by atoms with E-state index < -0.39 is 0 Å². The summed E-state index contributed by atoms with van der Waals surface area (Å²) in [6, 6.07) is 8.16. The van der Waals surface area contributed by atoms with Crippen molar-refractivity contribution in [1.29, 1.82) is 0 Å². The lowest BCUT2D eigenvalue weighted by Crippen LogP contribution is -2.05. The maximum atomic E-state index is 5.94. The van der Waals surface area contributed by atoms with Crippen LogP contribution in [0.1, 0.15) is 11.6 Å². The zero-order chi connectivity index (χ0) is 10.1. The molecule has 1 aromatic carbocycles.